The highest BCUT2D eigenvalue weighted by molar-refractivity contribution is 8.13. The smallest absolute Gasteiger partial charge is 0.393 e. The minimum absolute atomic E-state index is 0.0235. The zero-order valence-electron chi connectivity index (χ0n) is 34.9. The third kappa shape index (κ3) is 13.2. The molecule has 11 N–H and O–H groups in total. The third-order valence-corrected chi connectivity index (χ3v) is 15.6. The van der Waals surface area contributed by atoms with E-state index < -0.39 is 96.1 Å². The predicted octanol–water partition coefficient (Wildman–Crippen LogP) is 0.201. The number of rotatable bonds is 22. The molecule has 3 heterocycles. The lowest BCUT2D eigenvalue weighted by molar-refractivity contribution is -0.137. The number of fused-ring (bicyclic) bond motifs is 2. The fourth-order valence-corrected chi connectivity index (χ4v) is 11.6. The largest absolute Gasteiger partial charge is 0.481 e. The number of nitrogens with two attached hydrogens (primary N) is 1. The van der Waals surface area contributed by atoms with Crippen LogP contribution >= 0.6 is 35.2 Å². The number of anilines is 1. The Labute approximate surface area is 370 Å². The number of amides is 2. The van der Waals surface area contributed by atoms with E-state index in [2.05, 4.69) is 34.4 Å². The van der Waals surface area contributed by atoms with Gasteiger partial charge in [0.2, 0.25) is 11.8 Å². The summed E-state index contributed by atoms with van der Waals surface area (Å²) >= 11 is 1.04. The predicted molar refractivity (Wildman–Crippen MR) is 221 cm³/mol. The Bertz CT molecular complexity index is 2180. The van der Waals surface area contributed by atoms with Crippen molar-refractivity contribution in [3.63, 3.8) is 0 Å². The molecule has 0 radical (unpaired) electrons. The van der Waals surface area contributed by atoms with Gasteiger partial charge in [0.1, 0.15) is 42.0 Å². The van der Waals surface area contributed by atoms with Gasteiger partial charge in [-0.2, -0.15) is 4.31 Å². The second-order valence-electron chi connectivity index (χ2n) is 16.6. The molecule has 2 aromatic heterocycles. The maximum atomic E-state index is 12.7. The number of aliphatic hydroxyl groups excluding tert-OH is 3. The minimum atomic E-state index is -5.59. The number of Topliss-reactive ketones (excluding diaryl/α,β-unsaturated/α-hetero) is 1. The van der Waals surface area contributed by atoms with Crippen LogP contribution in [0.15, 0.2) is 12.7 Å². The standard InChI is InChI=1S/C34H54N7O19P3S/c1-33(2,28(47)31(48)37-11-9-23(44)36-12-13-64-24(45)7-4-18-19-5-6-22(43)34(19,3)10-8-20(18)42)15-57-63(54,55)60-62(52,53)56-14-21-27(59-61(49,50)51)26(46)32(58-21)41-17-40-25-29(35)38-16-39-30(25)41/h16-21,26-28,32,42,46-47H,4-15H2,1-3H3,(H,36,44)(H,37,48)(H,52,53)(H,54,55)(H2,35,38,39)(H2,49,50,51)/t18-,19-,20+,21+,26+,27+,28-,32+,34-/m0/s1. The van der Waals surface area contributed by atoms with E-state index in [9.17, 15) is 67.8 Å². The Morgan fingerprint density at radius 2 is 1.75 bits per heavy atom. The van der Waals surface area contributed by atoms with E-state index in [1.165, 1.54) is 13.8 Å². The van der Waals surface area contributed by atoms with Crippen LogP contribution in [0.3, 0.4) is 0 Å². The van der Waals surface area contributed by atoms with Crippen molar-refractivity contribution in [2.24, 2.45) is 22.7 Å². The van der Waals surface area contributed by atoms with Crippen LogP contribution in [0.2, 0.25) is 0 Å². The molecule has 30 heteroatoms. The minimum Gasteiger partial charge on any atom is -0.393 e. The summed E-state index contributed by atoms with van der Waals surface area (Å²) in [6.07, 6.45) is -4.49. The fourth-order valence-electron chi connectivity index (χ4n) is 8.08. The Morgan fingerprint density at radius 3 is 2.45 bits per heavy atom. The van der Waals surface area contributed by atoms with Gasteiger partial charge in [-0.3, -0.25) is 37.3 Å². The molecule has 2 unspecified atom stereocenters. The molecule has 3 fully saturated rings. The molecule has 2 saturated carbocycles. The van der Waals surface area contributed by atoms with Gasteiger partial charge in [-0.25, -0.2) is 28.6 Å². The molecular weight excluding hydrogens is 935 g/mol. The first-order valence-electron chi connectivity index (χ1n) is 20.0. The van der Waals surface area contributed by atoms with E-state index in [4.69, 9.17) is 19.5 Å². The number of aromatic nitrogens is 4. The molecule has 1 saturated heterocycles. The number of phosphoric ester groups is 3. The van der Waals surface area contributed by atoms with Gasteiger partial charge < -0.3 is 56.0 Å². The summed E-state index contributed by atoms with van der Waals surface area (Å²) in [4.78, 5) is 101. The summed E-state index contributed by atoms with van der Waals surface area (Å²) in [7, 11) is -16.5. The number of aliphatic hydroxyl groups is 3. The maximum Gasteiger partial charge on any atom is 0.481 e. The van der Waals surface area contributed by atoms with Crippen molar-refractivity contribution < 1.29 is 90.4 Å². The topological polar surface area (TPSA) is 401 Å². The SMILES string of the molecule is CC(C)(COP(=O)(O)OP(=O)(O)OC[C@H]1O[C@@H](n2cnc3c(N)ncnc32)[C@H](O)[C@@H]1OP(=O)(O)O)[C@@H](O)C(=O)NCCC(=O)NCCSC(=O)CC[C@@H]1[C@H](O)CC[C@]2(C)C(=O)CC[C@@H]12. The molecule has 3 aliphatic rings. The average molecular weight is 990 g/mol. The van der Waals surface area contributed by atoms with Gasteiger partial charge >= 0.3 is 23.5 Å². The second-order valence-corrected chi connectivity index (χ2v) is 22.0. The quantitative estimate of drug-likeness (QED) is 0.0556. The molecule has 360 valence electrons. The van der Waals surface area contributed by atoms with Gasteiger partial charge in [0.15, 0.2) is 22.8 Å². The van der Waals surface area contributed by atoms with Gasteiger partial charge in [-0.1, -0.05) is 32.5 Å². The Morgan fingerprint density at radius 1 is 1.05 bits per heavy atom. The molecule has 1 aliphatic heterocycles. The molecule has 0 bridgehead atoms. The van der Waals surface area contributed by atoms with Crippen LogP contribution in [0.5, 0.6) is 0 Å². The van der Waals surface area contributed by atoms with Crippen molar-refractivity contribution in [2.45, 2.75) is 102 Å². The highest BCUT2D eigenvalue weighted by Crippen LogP contribution is 2.61. The monoisotopic (exact) mass is 989 g/mol. The third-order valence-electron chi connectivity index (χ3n) is 11.6. The second kappa shape index (κ2) is 21.0. The van der Waals surface area contributed by atoms with Gasteiger partial charge in [0.05, 0.1) is 25.6 Å². The lowest BCUT2D eigenvalue weighted by Crippen LogP contribution is -2.46. The van der Waals surface area contributed by atoms with Crippen molar-refractivity contribution in [1.82, 2.24) is 30.2 Å². The zero-order chi connectivity index (χ0) is 47.4. The Kier molecular flexibility index (Phi) is 17.1. The molecule has 5 rings (SSSR count). The number of carbonyl (C=O) groups is 4. The van der Waals surface area contributed by atoms with Crippen molar-refractivity contribution in [3.8, 4) is 0 Å². The van der Waals surface area contributed by atoms with Crippen molar-refractivity contribution in [3.05, 3.63) is 12.7 Å². The average Bonchev–Trinajstić information content (AvgIpc) is 3.86. The summed E-state index contributed by atoms with van der Waals surface area (Å²) in [5.41, 5.74) is 3.79. The highest BCUT2D eigenvalue weighted by atomic mass is 32.2. The number of hydrogen-bond acceptors (Lipinski definition) is 20. The molecule has 2 aromatic rings. The maximum absolute atomic E-state index is 12.7. The van der Waals surface area contributed by atoms with Crippen LogP contribution in [0.1, 0.15) is 71.9 Å². The van der Waals surface area contributed by atoms with Crippen LogP contribution < -0.4 is 16.4 Å². The molecule has 26 nitrogen and oxygen atoms in total. The molecule has 11 atom stereocenters. The van der Waals surface area contributed by atoms with E-state index >= 15 is 0 Å². The van der Waals surface area contributed by atoms with Crippen LogP contribution in [0.25, 0.3) is 11.2 Å². The first kappa shape index (κ1) is 52.2. The normalized spacial score (nSPS) is 28.6. The van der Waals surface area contributed by atoms with E-state index in [1.54, 1.807) is 0 Å². The van der Waals surface area contributed by atoms with E-state index in [0.29, 0.717) is 25.7 Å². The number of hydrogen-bond donors (Lipinski definition) is 10. The Hall–Kier alpha value is -2.81. The molecular formula is C34H54N7O19P3S. The number of ketones is 1. The van der Waals surface area contributed by atoms with Gasteiger partial charge in [0, 0.05) is 48.9 Å². The molecule has 0 spiro atoms. The number of carbonyl (C=O) groups excluding carboxylic acids is 4. The number of nitrogens with zero attached hydrogens (tertiary/aromatic N) is 4. The van der Waals surface area contributed by atoms with E-state index in [0.717, 1.165) is 35.4 Å². The number of ether oxygens (including phenoxy) is 1. The summed E-state index contributed by atoms with van der Waals surface area (Å²) < 4.78 is 62.3. The highest BCUT2D eigenvalue weighted by Gasteiger charge is 2.53. The van der Waals surface area contributed by atoms with Crippen LogP contribution in [-0.4, -0.2) is 140 Å². The van der Waals surface area contributed by atoms with Crippen molar-refractivity contribution >= 4 is 74.9 Å². The number of nitrogens with one attached hydrogen (secondary N) is 2. The van der Waals surface area contributed by atoms with E-state index in [-0.39, 0.29) is 71.4 Å². The van der Waals surface area contributed by atoms with E-state index in [1.807, 2.05) is 6.92 Å². The van der Waals surface area contributed by atoms with Crippen molar-refractivity contribution in [2.75, 3.05) is 37.8 Å². The van der Waals surface area contributed by atoms with Crippen LogP contribution in [0, 0.1) is 22.7 Å². The summed E-state index contributed by atoms with van der Waals surface area (Å²) in [6, 6.07) is 0. The number of nitrogen functional groups attached to an aromatic ring is 1. The lowest BCUT2D eigenvalue weighted by atomic mass is 9.62. The lowest BCUT2D eigenvalue weighted by Gasteiger charge is -2.43. The number of thioether (sulfide) groups is 1. The van der Waals surface area contributed by atoms with Gasteiger partial charge in [-0.15, -0.1) is 0 Å². The molecule has 64 heavy (non-hydrogen) atoms. The van der Waals surface area contributed by atoms with Crippen LogP contribution in [-0.2, 0) is 55.5 Å². The molecule has 0 aromatic carbocycles. The first-order valence-corrected chi connectivity index (χ1v) is 25.5. The summed E-state index contributed by atoms with van der Waals surface area (Å²) in [5, 5.41) is 37.0. The van der Waals surface area contributed by atoms with Crippen molar-refractivity contribution in [1.29, 1.82) is 0 Å². The fraction of sp³-hybridized carbons (Fsp3) is 0.735. The van der Waals surface area contributed by atoms with Gasteiger partial charge in [0.25, 0.3) is 0 Å². The first-order chi connectivity index (χ1) is 29.7. The Balaban J connectivity index is 1.01. The zero-order valence-corrected chi connectivity index (χ0v) is 38.4. The summed E-state index contributed by atoms with van der Waals surface area (Å²) in [5.74, 6) is -1.08. The summed E-state index contributed by atoms with van der Waals surface area (Å²) in [6.45, 7) is 2.31. The number of phosphoric acid groups is 3. The molecule has 2 amide bonds. The number of imidazole rings is 1. The van der Waals surface area contributed by atoms with Crippen LogP contribution in [0.4, 0.5) is 5.82 Å². The molecule has 2 aliphatic carbocycles. The van der Waals surface area contributed by atoms with Gasteiger partial charge in [-0.05, 0) is 37.5 Å².